The van der Waals surface area contributed by atoms with Crippen LogP contribution in [-0.4, -0.2) is 0 Å². The quantitative estimate of drug-likeness (QED) is 0.710. The summed E-state index contributed by atoms with van der Waals surface area (Å²) in [5.74, 6) is 0. The molecule has 2 aromatic rings. The normalized spacial score (nSPS) is 10.3. The first-order valence-corrected chi connectivity index (χ1v) is 6.19. The van der Waals surface area contributed by atoms with Gasteiger partial charge in [-0.2, -0.15) is 0 Å². The molecule has 0 amide bonds. The fourth-order valence-corrected chi connectivity index (χ4v) is 2.40. The van der Waals surface area contributed by atoms with Crippen molar-refractivity contribution in [3.8, 4) is 0 Å². The van der Waals surface area contributed by atoms with Gasteiger partial charge >= 0.3 is 0 Å². The van der Waals surface area contributed by atoms with Crippen LogP contribution in [0.25, 0.3) is 0 Å². The van der Waals surface area contributed by atoms with Crippen molar-refractivity contribution in [1.82, 2.24) is 0 Å². The molecule has 0 N–H and O–H groups in total. The van der Waals surface area contributed by atoms with E-state index in [2.05, 4.69) is 59.0 Å². The summed E-state index contributed by atoms with van der Waals surface area (Å²) in [4.78, 5) is 0. The van der Waals surface area contributed by atoms with E-state index < -0.39 is 0 Å². The van der Waals surface area contributed by atoms with Crippen LogP contribution in [-0.2, 0) is 6.42 Å². The van der Waals surface area contributed by atoms with Gasteiger partial charge in [-0.1, -0.05) is 48.0 Å². The van der Waals surface area contributed by atoms with Crippen molar-refractivity contribution in [2.45, 2.75) is 6.42 Å². The lowest BCUT2D eigenvalue weighted by Gasteiger charge is -2.04. The Morgan fingerprint density at radius 2 is 1.73 bits per heavy atom. The van der Waals surface area contributed by atoms with Crippen LogP contribution in [0, 0.1) is 3.57 Å². The molecule has 0 bridgehead atoms. The second-order valence-electron chi connectivity index (χ2n) is 3.40. The highest BCUT2D eigenvalue weighted by molar-refractivity contribution is 14.1. The minimum atomic E-state index is 0.853. The molecule has 2 heteroatoms. The minimum absolute atomic E-state index is 0.853. The molecule has 0 aromatic heterocycles. The zero-order valence-electron chi connectivity index (χ0n) is 8.08. The second-order valence-corrected chi connectivity index (χ2v) is 5.05. The summed E-state index contributed by atoms with van der Waals surface area (Å²) >= 11 is 8.44. The topological polar surface area (TPSA) is 0 Å². The van der Waals surface area contributed by atoms with Gasteiger partial charge in [0, 0.05) is 8.59 Å². The summed E-state index contributed by atoms with van der Waals surface area (Å²) in [7, 11) is 0. The highest BCUT2D eigenvalue weighted by Crippen LogP contribution is 2.21. The average molecular weight is 329 g/mol. The maximum Gasteiger partial charge on any atom is 0.0451 e. The number of halogens is 2. The lowest BCUT2D eigenvalue weighted by atomic mass is 10.1. The van der Waals surface area contributed by atoms with Crippen molar-refractivity contribution < 1.29 is 0 Å². The molecule has 2 rings (SSSR count). The lowest BCUT2D eigenvalue weighted by Crippen LogP contribution is -1.89. The Morgan fingerprint density at radius 3 is 2.40 bits per heavy atom. The third kappa shape index (κ3) is 2.95. The molecule has 2 aromatic carbocycles. The highest BCUT2D eigenvalue weighted by atomic mass is 127. The van der Waals surface area contributed by atoms with E-state index in [4.69, 9.17) is 11.6 Å². The van der Waals surface area contributed by atoms with E-state index in [0.717, 1.165) is 11.4 Å². The molecule has 0 nitrogen and oxygen atoms in total. The molecule has 0 aliphatic carbocycles. The molecule has 15 heavy (non-hydrogen) atoms. The molecule has 0 atom stereocenters. The van der Waals surface area contributed by atoms with E-state index in [9.17, 15) is 0 Å². The number of hydrogen-bond acceptors (Lipinski definition) is 0. The van der Waals surface area contributed by atoms with E-state index in [0.29, 0.717) is 0 Å². The van der Waals surface area contributed by atoms with Crippen LogP contribution in [0.4, 0.5) is 0 Å². The van der Waals surface area contributed by atoms with Gasteiger partial charge in [-0.05, 0) is 52.3 Å². The Hall–Kier alpha value is -0.540. The van der Waals surface area contributed by atoms with E-state index in [1.165, 1.54) is 14.7 Å². The van der Waals surface area contributed by atoms with Gasteiger partial charge in [-0.15, -0.1) is 0 Å². The van der Waals surface area contributed by atoms with Crippen LogP contribution in [0.15, 0.2) is 48.5 Å². The van der Waals surface area contributed by atoms with Crippen molar-refractivity contribution in [1.29, 1.82) is 0 Å². The fourth-order valence-electron chi connectivity index (χ4n) is 1.48. The largest absolute Gasteiger partial charge is 0.0840 e. The van der Waals surface area contributed by atoms with Gasteiger partial charge < -0.3 is 0 Å². The summed E-state index contributed by atoms with van der Waals surface area (Å²) in [6.07, 6.45) is 0.899. The average Bonchev–Trinajstić information content (AvgIpc) is 2.24. The SMILES string of the molecule is Clc1cc(I)ccc1Cc1ccccc1. The minimum Gasteiger partial charge on any atom is -0.0840 e. The maximum absolute atomic E-state index is 6.17. The Labute approximate surface area is 108 Å². The van der Waals surface area contributed by atoms with Crippen LogP contribution < -0.4 is 0 Å². The Kier molecular flexibility index (Phi) is 3.65. The van der Waals surface area contributed by atoms with Crippen molar-refractivity contribution in [2.75, 3.05) is 0 Å². The third-order valence-electron chi connectivity index (χ3n) is 2.25. The maximum atomic E-state index is 6.17. The predicted molar refractivity (Wildman–Crippen MR) is 73.4 cm³/mol. The summed E-state index contributed by atoms with van der Waals surface area (Å²) in [6, 6.07) is 16.6. The zero-order valence-corrected chi connectivity index (χ0v) is 11.0. The molecule has 0 saturated heterocycles. The van der Waals surface area contributed by atoms with Gasteiger partial charge in [-0.3, -0.25) is 0 Å². The molecule has 0 radical (unpaired) electrons. The van der Waals surface area contributed by atoms with E-state index >= 15 is 0 Å². The van der Waals surface area contributed by atoms with Gasteiger partial charge in [-0.25, -0.2) is 0 Å². The lowest BCUT2D eigenvalue weighted by molar-refractivity contribution is 1.19. The predicted octanol–water partition coefficient (Wildman–Crippen LogP) is 4.54. The summed E-state index contributed by atoms with van der Waals surface area (Å²) < 4.78 is 1.18. The number of rotatable bonds is 2. The summed E-state index contributed by atoms with van der Waals surface area (Å²) in [5.41, 5.74) is 2.48. The van der Waals surface area contributed by atoms with Crippen LogP contribution in [0.1, 0.15) is 11.1 Å². The zero-order chi connectivity index (χ0) is 10.7. The first kappa shape index (κ1) is 11.0. The van der Waals surface area contributed by atoms with E-state index in [1.54, 1.807) is 0 Å². The van der Waals surface area contributed by atoms with Crippen molar-refractivity contribution in [2.24, 2.45) is 0 Å². The summed E-state index contributed by atoms with van der Waals surface area (Å²) in [5, 5.41) is 0.853. The Bertz CT molecular complexity index is 451. The molecule has 0 aliphatic heterocycles. The standard InChI is InChI=1S/C13H10ClI/c14-13-9-12(15)7-6-11(13)8-10-4-2-1-3-5-10/h1-7,9H,8H2. The van der Waals surface area contributed by atoms with Gasteiger partial charge in [0.15, 0.2) is 0 Å². The first-order chi connectivity index (χ1) is 7.25. The second kappa shape index (κ2) is 4.99. The smallest absolute Gasteiger partial charge is 0.0451 e. The molecular formula is C13H10ClI. The van der Waals surface area contributed by atoms with Gasteiger partial charge in [0.25, 0.3) is 0 Å². The fraction of sp³-hybridized carbons (Fsp3) is 0.0769. The van der Waals surface area contributed by atoms with Crippen LogP contribution in [0.2, 0.25) is 5.02 Å². The molecule has 76 valence electrons. The molecule has 0 aliphatic rings. The van der Waals surface area contributed by atoms with Crippen LogP contribution in [0.5, 0.6) is 0 Å². The Balaban J connectivity index is 2.25. The number of hydrogen-bond donors (Lipinski definition) is 0. The van der Waals surface area contributed by atoms with Gasteiger partial charge in [0.05, 0.1) is 0 Å². The van der Waals surface area contributed by atoms with E-state index in [-0.39, 0.29) is 0 Å². The monoisotopic (exact) mass is 328 g/mol. The molecular weight excluding hydrogens is 319 g/mol. The third-order valence-corrected chi connectivity index (χ3v) is 3.28. The molecule has 0 spiro atoms. The van der Waals surface area contributed by atoms with Crippen molar-refractivity contribution >= 4 is 34.2 Å². The molecule has 0 fully saturated rings. The van der Waals surface area contributed by atoms with Crippen molar-refractivity contribution in [3.63, 3.8) is 0 Å². The van der Waals surface area contributed by atoms with E-state index in [1.807, 2.05) is 12.1 Å². The molecule has 0 saturated carbocycles. The summed E-state index contributed by atoms with van der Waals surface area (Å²) in [6.45, 7) is 0. The van der Waals surface area contributed by atoms with Crippen LogP contribution >= 0.6 is 34.2 Å². The highest BCUT2D eigenvalue weighted by Gasteiger charge is 2.01. The van der Waals surface area contributed by atoms with Gasteiger partial charge in [0.2, 0.25) is 0 Å². The first-order valence-electron chi connectivity index (χ1n) is 4.73. The van der Waals surface area contributed by atoms with Gasteiger partial charge in [0.1, 0.15) is 0 Å². The van der Waals surface area contributed by atoms with Crippen LogP contribution in [0.3, 0.4) is 0 Å². The molecule has 0 heterocycles. The molecule has 0 unspecified atom stereocenters. The Morgan fingerprint density at radius 1 is 1.00 bits per heavy atom. The number of benzene rings is 2. The van der Waals surface area contributed by atoms with Crippen molar-refractivity contribution in [3.05, 3.63) is 68.3 Å².